The summed E-state index contributed by atoms with van der Waals surface area (Å²) in [5.74, 6) is 1.52. The van der Waals surface area contributed by atoms with E-state index in [0.29, 0.717) is 58.7 Å². The van der Waals surface area contributed by atoms with Crippen LogP contribution in [-0.4, -0.2) is 44.3 Å². The summed E-state index contributed by atoms with van der Waals surface area (Å²) >= 11 is 1.48. The van der Waals surface area contributed by atoms with Gasteiger partial charge in [-0.3, -0.25) is 14.8 Å². The van der Waals surface area contributed by atoms with Crippen molar-refractivity contribution in [3.05, 3.63) is 70.8 Å². The monoisotopic (exact) mass is 639 g/mol. The Hall–Kier alpha value is -4.22. The van der Waals surface area contributed by atoms with E-state index in [2.05, 4.69) is 40.1 Å². The highest BCUT2D eigenvalue weighted by Crippen LogP contribution is 2.44. The molecule has 4 N–H and O–H groups in total. The maximum atomic E-state index is 13.1. The first kappa shape index (κ1) is 31.7. The number of nitrogens with zero attached hydrogens (tertiary/aromatic N) is 5. The molecule has 1 amide bonds. The van der Waals surface area contributed by atoms with E-state index >= 15 is 0 Å². The van der Waals surface area contributed by atoms with E-state index in [4.69, 9.17) is 25.6 Å². The average molecular weight is 640 g/mol. The molecule has 0 atom stereocenters. The Morgan fingerprint density at radius 3 is 2.59 bits per heavy atom. The molecule has 1 aliphatic carbocycles. The Bertz CT molecular complexity index is 1820. The smallest absolute Gasteiger partial charge is 0.251 e. The maximum absolute atomic E-state index is 13.1. The third kappa shape index (κ3) is 6.95. The summed E-state index contributed by atoms with van der Waals surface area (Å²) in [6, 6.07) is 8.13. The molecular weight excluding hydrogens is 598 g/mol. The second kappa shape index (κ2) is 14.0. The summed E-state index contributed by atoms with van der Waals surface area (Å²) in [7, 11) is 0. The van der Waals surface area contributed by atoms with Gasteiger partial charge in [0.15, 0.2) is 0 Å². The van der Waals surface area contributed by atoms with E-state index in [1.54, 1.807) is 13.1 Å². The van der Waals surface area contributed by atoms with Crippen LogP contribution in [-0.2, 0) is 30.4 Å². The highest BCUT2D eigenvalue weighted by atomic mass is 32.1. The number of rotatable bonds is 8. The SMILES string of the molecule is Cc1nnc(-c2c(CCC3CCOCC3)nc(CC(C)C)c(C(N)=O)c2-c2cc3ccnc(N)c3s2)o1.c1cnc2c(c1)CCC2. The van der Waals surface area contributed by atoms with Crippen LogP contribution in [0.25, 0.3) is 32.0 Å². The van der Waals surface area contributed by atoms with Crippen molar-refractivity contribution in [1.29, 1.82) is 0 Å². The molecule has 1 aliphatic heterocycles. The third-order valence-corrected chi connectivity index (χ3v) is 9.81. The van der Waals surface area contributed by atoms with E-state index in [1.807, 2.05) is 24.4 Å². The Morgan fingerprint density at radius 2 is 1.89 bits per heavy atom. The van der Waals surface area contributed by atoms with Crippen molar-refractivity contribution in [3.63, 3.8) is 0 Å². The molecule has 0 saturated carbocycles. The topological polar surface area (TPSA) is 156 Å². The van der Waals surface area contributed by atoms with Crippen molar-refractivity contribution in [1.82, 2.24) is 25.1 Å². The molecule has 240 valence electrons. The van der Waals surface area contributed by atoms with Crippen LogP contribution in [0.2, 0.25) is 0 Å². The van der Waals surface area contributed by atoms with Crippen LogP contribution in [0.1, 0.15) is 78.4 Å². The van der Waals surface area contributed by atoms with Crippen molar-refractivity contribution in [2.75, 3.05) is 18.9 Å². The van der Waals surface area contributed by atoms with Crippen molar-refractivity contribution < 1.29 is 13.9 Å². The lowest BCUT2D eigenvalue weighted by Crippen LogP contribution is -2.20. The molecule has 7 rings (SSSR count). The first-order valence-electron chi connectivity index (χ1n) is 16.1. The minimum absolute atomic E-state index is 0.278. The zero-order chi connectivity index (χ0) is 32.2. The Labute approximate surface area is 273 Å². The average Bonchev–Trinajstić information content (AvgIpc) is 3.80. The van der Waals surface area contributed by atoms with Crippen molar-refractivity contribution in [3.8, 4) is 21.9 Å². The van der Waals surface area contributed by atoms with Gasteiger partial charge in [0.25, 0.3) is 5.91 Å². The van der Waals surface area contributed by atoms with Crippen LogP contribution < -0.4 is 11.5 Å². The van der Waals surface area contributed by atoms with Gasteiger partial charge >= 0.3 is 0 Å². The molecule has 0 unspecified atom stereocenters. The van der Waals surface area contributed by atoms with E-state index in [9.17, 15) is 4.79 Å². The summed E-state index contributed by atoms with van der Waals surface area (Å²) in [6.07, 6.45) is 11.6. The van der Waals surface area contributed by atoms with Crippen LogP contribution in [0.3, 0.4) is 0 Å². The highest BCUT2D eigenvalue weighted by molar-refractivity contribution is 7.22. The lowest BCUT2D eigenvalue weighted by atomic mass is 9.89. The molecule has 0 bridgehead atoms. The van der Waals surface area contributed by atoms with Gasteiger partial charge in [-0.1, -0.05) is 19.9 Å². The fourth-order valence-corrected chi connectivity index (χ4v) is 7.51. The summed E-state index contributed by atoms with van der Waals surface area (Å²) in [6.45, 7) is 7.54. The molecule has 11 heteroatoms. The number of thiophene rings is 1. The zero-order valence-corrected chi connectivity index (χ0v) is 27.5. The number of nitrogen functional groups attached to an aromatic ring is 1. The van der Waals surface area contributed by atoms with Gasteiger partial charge in [-0.05, 0) is 92.4 Å². The number of carbonyl (C=O) groups excluding carboxylic acids is 1. The first-order valence-corrected chi connectivity index (χ1v) is 16.9. The summed E-state index contributed by atoms with van der Waals surface area (Å²) in [4.78, 5) is 27.5. The van der Waals surface area contributed by atoms with Crippen LogP contribution in [0.15, 0.2) is 41.1 Å². The Kier molecular flexibility index (Phi) is 9.70. The van der Waals surface area contributed by atoms with Crippen molar-refractivity contribution in [2.24, 2.45) is 17.6 Å². The second-order valence-electron chi connectivity index (χ2n) is 12.5. The third-order valence-electron chi connectivity index (χ3n) is 8.62. The number of primary amides is 1. The van der Waals surface area contributed by atoms with Crippen LogP contribution >= 0.6 is 11.3 Å². The Morgan fingerprint density at radius 1 is 1.07 bits per heavy atom. The number of aromatic nitrogens is 5. The summed E-state index contributed by atoms with van der Waals surface area (Å²) in [5, 5.41) is 9.39. The van der Waals surface area contributed by atoms with Gasteiger partial charge in [-0.25, -0.2) is 4.98 Å². The molecule has 46 heavy (non-hydrogen) atoms. The number of hydrogen-bond donors (Lipinski definition) is 2. The van der Waals surface area contributed by atoms with Crippen molar-refractivity contribution >= 4 is 33.1 Å². The summed E-state index contributed by atoms with van der Waals surface area (Å²) < 4.78 is 12.4. The predicted octanol–water partition coefficient (Wildman–Crippen LogP) is 6.53. The molecule has 0 radical (unpaired) electrons. The molecule has 2 aliphatic rings. The van der Waals surface area contributed by atoms with E-state index < -0.39 is 5.91 Å². The van der Waals surface area contributed by atoms with Crippen LogP contribution in [0.4, 0.5) is 5.82 Å². The molecule has 6 heterocycles. The normalized spacial score (nSPS) is 14.8. The predicted molar refractivity (Wildman–Crippen MR) is 180 cm³/mol. The quantitative estimate of drug-likeness (QED) is 0.193. The van der Waals surface area contributed by atoms with Gasteiger partial charge in [0.2, 0.25) is 11.8 Å². The van der Waals surface area contributed by atoms with Gasteiger partial charge in [0.05, 0.1) is 27.2 Å². The van der Waals surface area contributed by atoms with Crippen molar-refractivity contribution in [2.45, 2.75) is 72.1 Å². The molecule has 5 aromatic rings. The highest BCUT2D eigenvalue weighted by Gasteiger charge is 2.30. The number of hydrogen-bond acceptors (Lipinski definition) is 10. The molecule has 0 aromatic carbocycles. The first-order chi connectivity index (χ1) is 22.3. The lowest BCUT2D eigenvalue weighted by Gasteiger charge is -2.23. The minimum atomic E-state index is -0.532. The van der Waals surface area contributed by atoms with E-state index in [-0.39, 0.29) is 5.92 Å². The number of carbonyl (C=O) groups is 1. The van der Waals surface area contributed by atoms with Crippen LogP contribution in [0, 0.1) is 18.8 Å². The second-order valence-corrected chi connectivity index (χ2v) is 13.6. The molecular formula is C35H41N7O3S. The van der Waals surface area contributed by atoms with Gasteiger partial charge in [0.1, 0.15) is 5.82 Å². The van der Waals surface area contributed by atoms with Gasteiger partial charge in [-0.15, -0.1) is 21.5 Å². The number of nitrogens with two attached hydrogens (primary N) is 2. The van der Waals surface area contributed by atoms with Gasteiger partial charge in [0, 0.05) is 48.7 Å². The lowest BCUT2D eigenvalue weighted by molar-refractivity contribution is 0.0639. The molecule has 1 fully saturated rings. The van der Waals surface area contributed by atoms with Crippen LogP contribution in [0.5, 0.6) is 0 Å². The molecule has 5 aromatic heterocycles. The number of anilines is 1. The van der Waals surface area contributed by atoms with E-state index in [1.165, 1.54) is 41.9 Å². The maximum Gasteiger partial charge on any atom is 0.251 e. The fraction of sp³-hybridized carbons (Fsp3) is 0.429. The Balaban J connectivity index is 0.000000352. The molecule has 1 saturated heterocycles. The number of ether oxygens (including phenoxy) is 1. The van der Waals surface area contributed by atoms with Gasteiger partial charge in [-0.2, -0.15) is 0 Å². The number of pyridine rings is 3. The van der Waals surface area contributed by atoms with E-state index in [0.717, 1.165) is 53.1 Å². The summed E-state index contributed by atoms with van der Waals surface area (Å²) in [5.41, 5.74) is 18.3. The molecule has 0 spiro atoms. The standard InChI is InChI=1S/C27H32N6O3S.C8H9N/c1-14(2)12-19-21(26(29)34)23(20-13-17-6-9-30-25(28)24(17)37-20)22(27-33-32-15(3)36-27)18(31-19)5-4-16-7-10-35-11-8-16;1-3-7-4-2-6-9-8(7)5-1/h6,9,13-14,16H,4-5,7-8,10-12H2,1-3H3,(H2,28,30)(H2,29,34);2,4,6H,1,3,5H2. The molecule has 10 nitrogen and oxygen atoms in total. The fourth-order valence-electron chi connectivity index (χ4n) is 6.40. The largest absolute Gasteiger partial charge is 0.421 e. The number of amides is 1. The minimum Gasteiger partial charge on any atom is -0.421 e. The number of aryl methyl sites for hydroxylation is 4. The van der Waals surface area contributed by atoms with Gasteiger partial charge < -0.3 is 20.6 Å². The number of fused-ring (bicyclic) bond motifs is 2. The zero-order valence-electron chi connectivity index (χ0n) is 26.7.